The topological polar surface area (TPSA) is 39.4 Å². The van der Waals surface area contributed by atoms with Crippen LogP contribution in [-0.4, -0.2) is 11.6 Å². The number of ether oxygens (including phenoxy) is 1. The molecule has 0 saturated heterocycles. The van der Waals surface area contributed by atoms with Gasteiger partial charge < -0.3 is 9.15 Å². The number of para-hydroxylation sites is 1. The van der Waals surface area contributed by atoms with E-state index in [2.05, 4.69) is 5.92 Å². The van der Waals surface area contributed by atoms with E-state index in [0.717, 1.165) is 21.8 Å². The van der Waals surface area contributed by atoms with Gasteiger partial charge in [-0.25, -0.2) is 4.79 Å². The molecular weight excluding hydrogens is 356 g/mol. The first kappa shape index (κ1) is 17.5. The normalized spacial score (nSPS) is 16.3. The van der Waals surface area contributed by atoms with E-state index in [0.29, 0.717) is 11.0 Å². The van der Waals surface area contributed by atoms with Gasteiger partial charge in [-0.05, 0) is 25.5 Å². The molecule has 4 rings (SSSR count). The molecule has 27 heavy (non-hydrogen) atoms. The second-order valence-corrected chi connectivity index (χ2v) is 7.82. The van der Waals surface area contributed by atoms with Crippen LogP contribution in [0.4, 0.5) is 0 Å². The number of hydrogen-bond donors (Lipinski definition) is 0. The fraction of sp³-hybridized carbons (Fsp3) is 0.174. The van der Waals surface area contributed by atoms with Crippen molar-refractivity contribution in [1.82, 2.24) is 0 Å². The summed E-state index contributed by atoms with van der Waals surface area (Å²) in [6.45, 7) is 3.42. The maximum absolute atomic E-state index is 13.2. The van der Waals surface area contributed by atoms with E-state index >= 15 is 0 Å². The van der Waals surface area contributed by atoms with E-state index < -0.39 is 11.6 Å². The predicted molar refractivity (Wildman–Crippen MR) is 109 cm³/mol. The number of fused-ring (bicyclic) bond motifs is 3. The third-order valence-electron chi connectivity index (χ3n) is 4.48. The Balaban J connectivity index is 2.00. The molecule has 2 heterocycles. The lowest BCUT2D eigenvalue weighted by molar-refractivity contribution is -0.144. The van der Waals surface area contributed by atoms with E-state index in [1.807, 2.05) is 60.0 Å². The smallest absolute Gasteiger partial charge is 0.337 e. The molecule has 3 aromatic rings. The molecule has 0 saturated carbocycles. The Labute approximate surface area is 161 Å². The van der Waals surface area contributed by atoms with Gasteiger partial charge in [0.1, 0.15) is 11.0 Å². The van der Waals surface area contributed by atoms with E-state index in [1.165, 1.54) is 11.8 Å². The van der Waals surface area contributed by atoms with Crippen LogP contribution in [0.25, 0.3) is 22.0 Å². The molecule has 2 aromatic carbocycles. The van der Waals surface area contributed by atoms with Gasteiger partial charge in [-0.1, -0.05) is 54.5 Å². The van der Waals surface area contributed by atoms with E-state index in [-0.39, 0.29) is 5.25 Å². The maximum Gasteiger partial charge on any atom is 0.337 e. The van der Waals surface area contributed by atoms with Gasteiger partial charge in [-0.15, -0.1) is 18.2 Å². The lowest BCUT2D eigenvalue weighted by Crippen LogP contribution is -2.35. The molecule has 4 heteroatoms. The lowest BCUT2D eigenvalue weighted by Gasteiger charge is -2.24. The molecule has 134 valence electrons. The summed E-state index contributed by atoms with van der Waals surface area (Å²) in [5, 5.41) is 3.46. The molecule has 0 bridgehead atoms. The van der Waals surface area contributed by atoms with Gasteiger partial charge in [-0.2, -0.15) is 0 Å². The number of benzene rings is 2. The van der Waals surface area contributed by atoms with Crippen LogP contribution in [0, 0.1) is 12.3 Å². The zero-order valence-electron chi connectivity index (χ0n) is 15.1. The molecule has 0 amide bonds. The predicted octanol–water partition coefficient (Wildman–Crippen LogP) is 3.76. The number of thioether (sulfide) groups is 1. The highest BCUT2D eigenvalue weighted by atomic mass is 32.2. The van der Waals surface area contributed by atoms with Crippen LogP contribution in [0.3, 0.4) is 0 Å². The number of rotatable bonds is 3. The summed E-state index contributed by atoms with van der Waals surface area (Å²) >= 11 is 1.54. The summed E-state index contributed by atoms with van der Waals surface area (Å²) in [6, 6.07) is 17.6. The van der Waals surface area contributed by atoms with Gasteiger partial charge in [0.05, 0.1) is 10.8 Å². The van der Waals surface area contributed by atoms with Gasteiger partial charge >= 0.3 is 5.97 Å². The number of terminal acetylenes is 1. The van der Waals surface area contributed by atoms with Crippen molar-refractivity contribution >= 4 is 39.7 Å². The van der Waals surface area contributed by atoms with Gasteiger partial charge in [0.15, 0.2) is 5.60 Å². The Bertz CT molecular complexity index is 1180. The van der Waals surface area contributed by atoms with E-state index in [4.69, 9.17) is 15.6 Å². The minimum absolute atomic E-state index is 0.194. The van der Waals surface area contributed by atoms with Crippen molar-refractivity contribution < 1.29 is 13.9 Å². The molecule has 0 aliphatic carbocycles. The minimum Gasteiger partial charge on any atom is -0.456 e. The molecular formula is C23H18O3S. The number of hydrogen-bond acceptors (Lipinski definition) is 4. The monoisotopic (exact) mass is 374 g/mol. The van der Waals surface area contributed by atoms with Gasteiger partial charge in [0.25, 0.3) is 0 Å². The number of furan rings is 1. The highest BCUT2D eigenvalue weighted by Gasteiger charge is 2.32. The summed E-state index contributed by atoms with van der Waals surface area (Å²) in [4.78, 5) is 13.2. The van der Waals surface area contributed by atoms with E-state index in [9.17, 15) is 4.79 Å². The first-order valence-corrected chi connectivity index (χ1v) is 9.58. The van der Waals surface area contributed by atoms with Crippen LogP contribution in [0.2, 0.25) is 0 Å². The molecule has 1 unspecified atom stereocenters. The fourth-order valence-electron chi connectivity index (χ4n) is 3.15. The highest BCUT2D eigenvalue weighted by Crippen LogP contribution is 2.39. The Hall–Kier alpha value is -2.90. The SMILES string of the molecule is C#CC(C)(C)OC(=O)C1=c2c(oc3ccccc23)=CSC1c1ccccc1. The summed E-state index contributed by atoms with van der Waals surface area (Å²) in [5.41, 5.74) is 2.03. The summed E-state index contributed by atoms with van der Waals surface area (Å²) in [6.07, 6.45) is 5.53. The van der Waals surface area contributed by atoms with Crippen LogP contribution in [0.1, 0.15) is 24.7 Å². The average molecular weight is 374 g/mol. The highest BCUT2D eigenvalue weighted by molar-refractivity contribution is 8.07. The van der Waals surface area contributed by atoms with Gasteiger partial charge in [-0.3, -0.25) is 0 Å². The number of esters is 1. The molecule has 1 aromatic heterocycles. The molecule has 0 spiro atoms. The molecule has 3 nitrogen and oxygen atoms in total. The van der Waals surface area contributed by atoms with Crippen molar-refractivity contribution in [3.8, 4) is 12.3 Å². The average Bonchev–Trinajstić information content (AvgIpc) is 3.06. The largest absolute Gasteiger partial charge is 0.456 e. The van der Waals surface area contributed by atoms with Crippen LogP contribution in [0.15, 0.2) is 59.0 Å². The Morgan fingerprint density at radius 3 is 2.59 bits per heavy atom. The van der Waals surface area contributed by atoms with Crippen molar-refractivity contribution in [3.05, 3.63) is 70.8 Å². The third kappa shape index (κ3) is 3.15. The summed E-state index contributed by atoms with van der Waals surface area (Å²) < 4.78 is 11.6. The van der Waals surface area contributed by atoms with Crippen molar-refractivity contribution in [2.24, 2.45) is 0 Å². The van der Waals surface area contributed by atoms with Crippen LogP contribution < -0.4 is 10.6 Å². The molecule has 0 radical (unpaired) electrons. The quantitative estimate of drug-likeness (QED) is 0.517. The van der Waals surface area contributed by atoms with Crippen molar-refractivity contribution in [2.45, 2.75) is 24.7 Å². The number of carbonyl (C=O) groups excluding carboxylic acids is 1. The number of carbonyl (C=O) groups is 1. The van der Waals surface area contributed by atoms with Crippen LogP contribution in [0.5, 0.6) is 0 Å². The second-order valence-electron chi connectivity index (χ2n) is 6.84. The Morgan fingerprint density at radius 1 is 1.15 bits per heavy atom. The first-order chi connectivity index (χ1) is 13.0. The van der Waals surface area contributed by atoms with E-state index in [1.54, 1.807) is 13.8 Å². The zero-order valence-corrected chi connectivity index (χ0v) is 15.9. The van der Waals surface area contributed by atoms with Gasteiger partial charge in [0, 0.05) is 16.0 Å². The van der Waals surface area contributed by atoms with Crippen molar-refractivity contribution in [2.75, 3.05) is 0 Å². The molecule has 1 atom stereocenters. The molecule has 1 aliphatic heterocycles. The molecule has 1 aliphatic rings. The summed E-state index contributed by atoms with van der Waals surface area (Å²) in [5.74, 6) is 2.11. The van der Waals surface area contributed by atoms with Crippen molar-refractivity contribution in [3.63, 3.8) is 0 Å². The van der Waals surface area contributed by atoms with Crippen LogP contribution in [-0.2, 0) is 9.53 Å². The molecule has 0 N–H and O–H groups in total. The van der Waals surface area contributed by atoms with Crippen molar-refractivity contribution in [1.29, 1.82) is 0 Å². The zero-order chi connectivity index (χ0) is 19.0. The molecule has 0 fully saturated rings. The lowest BCUT2D eigenvalue weighted by atomic mass is 10.0. The van der Waals surface area contributed by atoms with Crippen LogP contribution >= 0.6 is 11.8 Å². The fourth-order valence-corrected chi connectivity index (χ4v) is 4.24. The standard InChI is InChI=1S/C23H18O3S/c1-4-23(2,3)26-22(24)20-19-16-12-8-9-13-17(16)25-18(19)14-27-21(20)15-10-6-5-7-11-15/h1,5-14,21H,2-3H3. The maximum atomic E-state index is 13.2. The second kappa shape index (κ2) is 6.68. The summed E-state index contributed by atoms with van der Waals surface area (Å²) in [7, 11) is 0. The third-order valence-corrected chi connectivity index (χ3v) is 5.61. The van der Waals surface area contributed by atoms with Gasteiger partial charge in [0.2, 0.25) is 0 Å². The first-order valence-electron chi connectivity index (χ1n) is 8.63. The Kier molecular flexibility index (Phi) is 4.33. The minimum atomic E-state index is -0.989. The Morgan fingerprint density at radius 2 is 1.85 bits per heavy atom.